The summed E-state index contributed by atoms with van der Waals surface area (Å²) >= 11 is 0. The molecular formula is C17H22N4O2. The Kier molecular flexibility index (Phi) is 3.56. The molecule has 1 aliphatic carbocycles. The number of piperazine rings is 1. The monoisotopic (exact) mass is 314 g/mol. The van der Waals surface area contributed by atoms with Gasteiger partial charge in [-0.2, -0.15) is 0 Å². The number of hydrogen-bond acceptors (Lipinski definition) is 5. The van der Waals surface area contributed by atoms with E-state index in [-0.39, 0.29) is 5.91 Å². The normalized spacial score (nSPS) is 19.5. The number of likely N-dealkylation sites (N-methyl/N-ethyl adjacent to an activating group) is 1. The first-order chi connectivity index (χ1) is 11.2. The Morgan fingerprint density at radius 2 is 2.04 bits per heavy atom. The lowest BCUT2D eigenvalue weighted by atomic mass is 10.1. The maximum absolute atomic E-state index is 13.1. The molecule has 4 rings (SSSR count). The molecule has 2 aromatic rings. The minimum absolute atomic E-state index is 0.0846. The number of fused-ring (bicyclic) bond motifs is 1. The van der Waals surface area contributed by atoms with Crippen LogP contribution in [0.3, 0.4) is 0 Å². The number of rotatable bonds is 3. The van der Waals surface area contributed by atoms with Crippen LogP contribution >= 0.6 is 0 Å². The highest BCUT2D eigenvalue weighted by molar-refractivity contribution is 6.06. The molecule has 0 bridgehead atoms. The highest BCUT2D eigenvalue weighted by Crippen LogP contribution is 2.40. The van der Waals surface area contributed by atoms with Crippen molar-refractivity contribution in [3.63, 3.8) is 0 Å². The molecule has 0 atom stereocenters. The minimum Gasteiger partial charge on any atom is -0.336 e. The molecule has 2 fully saturated rings. The zero-order valence-electron chi connectivity index (χ0n) is 13.7. The summed E-state index contributed by atoms with van der Waals surface area (Å²) in [6, 6.07) is 1.97. The molecule has 1 aliphatic heterocycles. The summed E-state index contributed by atoms with van der Waals surface area (Å²) in [6.07, 6.45) is 2.29. The number of pyridine rings is 1. The van der Waals surface area contributed by atoms with Gasteiger partial charge in [0.05, 0.1) is 16.6 Å². The second-order valence-electron chi connectivity index (χ2n) is 6.54. The Morgan fingerprint density at radius 1 is 1.30 bits per heavy atom. The number of carbonyl (C=O) groups is 1. The summed E-state index contributed by atoms with van der Waals surface area (Å²) < 4.78 is 5.34. The SMILES string of the molecule is CCN1CCN(C(=O)c2cc(C3CC3)nc3onc(C)c23)CC1. The van der Waals surface area contributed by atoms with Crippen LogP contribution in [0.4, 0.5) is 0 Å². The molecule has 2 aliphatic rings. The van der Waals surface area contributed by atoms with Crippen LogP contribution in [0.5, 0.6) is 0 Å². The fourth-order valence-corrected chi connectivity index (χ4v) is 3.31. The molecule has 3 heterocycles. The smallest absolute Gasteiger partial charge is 0.259 e. The zero-order valence-corrected chi connectivity index (χ0v) is 13.7. The van der Waals surface area contributed by atoms with Gasteiger partial charge in [0.15, 0.2) is 0 Å². The van der Waals surface area contributed by atoms with Gasteiger partial charge in [0.25, 0.3) is 11.6 Å². The fraction of sp³-hybridized carbons (Fsp3) is 0.588. The maximum atomic E-state index is 13.1. The predicted octanol–water partition coefficient (Wildman–Crippen LogP) is 2.19. The van der Waals surface area contributed by atoms with E-state index in [1.54, 1.807) is 0 Å². The molecule has 6 nitrogen and oxygen atoms in total. The Hall–Kier alpha value is -1.95. The van der Waals surface area contributed by atoms with Crippen LogP contribution in [-0.4, -0.2) is 58.6 Å². The molecule has 1 saturated heterocycles. The van der Waals surface area contributed by atoms with Crippen molar-refractivity contribution in [2.24, 2.45) is 0 Å². The van der Waals surface area contributed by atoms with Crippen molar-refractivity contribution >= 4 is 17.0 Å². The summed E-state index contributed by atoms with van der Waals surface area (Å²) in [6.45, 7) is 8.50. The van der Waals surface area contributed by atoms with Gasteiger partial charge in [-0.1, -0.05) is 12.1 Å². The van der Waals surface area contributed by atoms with Gasteiger partial charge in [-0.3, -0.25) is 4.79 Å². The number of hydrogen-bond donors (Lipinski definition) is 0. The standard InChI is InChI=1S/C17H22N4O2/c1-3-20-6-8-21(9-7-20)17(22)13-10-14(12-4-5-12)18-16-15(13)11(2)19-23-16/h10,12H,3-9H2,1-2H3. The molecule has 1 amide bonds. The molecule has 6 heteroatoms. The van der Waals surface area contributed by atoms with Gasteiger partial charge in [0.2, 0.25) is 0 Å². The number of aryl methyl sites for hydroxylation is 1. The van der Waals surface area contributed by atoms with Crippen LogP contribution < -0.4 is 0 Å². The Balaban J connectivity index is 1.69. The first-order valence-corrected chi connectivity index (χ1v) is 8.46. The van der Waals surface area contributed by atoms with Crippen LogP contribution in [0.25, 0.3) is 11.1 Å². The van der Waals surface area contributed by atoms with Crippen LogP contribution in [0.2, 0.25) is 0 Å². The van der Waals surface area contributed by atoms with E-state index in [4.69, 9.17) is 4.52 Å². The molecule has 0 aromatic carbocycles. The minimum atomic E-state index is 0.0846. The molecule has 23 heavy (non-hydrogen) atoms. The Labute approximate surface area is 135 Å². The van der Waals surface area contributed by atoms with E-state index in [1.165, 1.54) is 0 Å². The van der Waals surface area contributed by atoms with E-state index in [2.05, 4.69) is 22.0 Å². The van der Waals surface area contributed by atoms with Gasteiger partial charge >= 0.3 is 0 Å². The maximum Gasteiger partial charge on any atom is 0.259 e. The molecule has 1 saturated carbocycles. The first-order valence-electron chi connectivity index (χ1n) is 8.46. The second kappa shape index (κ2) is 5.60. The van der Waals surface area contributed by atoms with Gasteiger partial charge < -0.3 is 14.3 Å². The van der Waals surface area contributed by atoms with Gasteiger partial charge in [-0.05, 0) is 32.4 Å². The summed E-state index contributed by atoms with van der Waals surface area (Å²) in [4.78, 5) is 21.9. The van der Waals surface area contributed by atoms with Gasteiger partial charge in [0.1, 0.15) is 0 Å². The molecule has 0 unspecified atom stereocenters. The van der Waals surface area contributed by atoms with Crippen molar-refractivity contribution in [3.8, 4) is 0 Å². The third-order valence-corrected chi connectivity index (χ3v) is 4.97. The van der Waals surface area contributed by atoms with Gasteiger partial charge in [-0.25, -0.2) is 4.98 Å². The molecule has 122 valence electrons. The summed E-state index contributed by atoms with van der Waals surface area (Å²) in [5.74, 6) is 0.564. The van der Waals surface area contributed by atoms with Crippen molar-refractivity contribution in [1.82, 2.24) is 19.9 Å². The number of nitrogens with zero attached hydrogens (tertiary/aromatic N) is 4. The second-order valence-corrected chi connectivity index (χ2v) is 6.54. The average molecular weight is 314 g/mol. The van der Waals surface area contributed by atoms with E-state index < -0.39 is 0 Å². The quantitative estimate of drug-likeness (QED) is 0.869. The molecule has 0 radical (unpaired) electrons. The van der Waals surface area contributed by atoms with Crippen LogP contribution in [-0.2, 0) is 0 Å². The molecular weight excluding hydrogens is 292 g/mol. The Morgan fingerprint density at radius 3 is 2.70 bits per heavy atom. The number of amides is 1. The third kappa shape index (κ3) is 2.61. The molecule has 0 N–H and O–H groups in total. The molecule has 2 aromatic heterocycles. The number of carbonyl (C=O) groups excluding carboxylic acids is 1. The lowest BCUT2D eigenvalue weighted by Crippen LogP contribution is -2.48. The number of aromatic nitrogens is 2. The third-order valence-electron chi connectivity index (χ3n) is 4.97. The predicted molar refractivity (Wildman–Crippen MR) is 86.5 cm³/mol. The van der Waals surface area contributed by atoms with Crippen molar-refractivity contribution in [2.75, 3.05) is 32.7 Å². The van der Waals surface area contributed by atoms with Crippen molar-refractivity contribution in [1.29, 1.82) is 0 Å². The lowest BCUT2D eigenvalue weighted by Gasteiger charge is -2.34. The van der Waals surface area contributed by atoms with Crippen LogP contribution in [0, 0.1) is 6.92 Å². The van der Waals surface area contributed by atoms with Crippen molar-refractivity contribution in [2.45, 2.75) is 32.6 Å². The topological polar surface area (TPSA) is 62.5 Å². The Bertz CT molecular complexity index is 742. The highest BCUT2D eigenvalue weighted by atomic mass is 16.5. The van der Waals surface area contributed by atoms with Crippen molar-refractivity contribution < 1.29 is 9.32 Å². The summed E-state index contributed by atoms with van der Waals surface area (Å²) in [5, 5.41) is 4.79. The van der Waals surface area contributed by atoms with Crippen molar-refractivity contribution in [3.05, 3.63) is 23.0 Å². The molecule has 0 spiro atoms. The van der Waals surface area contributed by atoms with E-state index in [9.17, 15) is 4.79 Å². The summed E-state index contributed by atoms with van der Waals surface area (Å²) in [7, 11) is 0. The average Bonchev–Trinajstić information content (AvgIpc) is 3.37. The van der Waals surface area contributed by atoms with E-state index in [0.717, 1.165) is 62.3 Å². The van der Waals surface area contributed by atoms with Crippen LogP contribution in [0.1, 0.15) is 47.4 Å². The fourth-order valence-electron chi connectivity index (χ4n) is 3.31. The van der Waals surface area contributed by atoms with Gasteiger partial charge in [0, 0.05) is 37.8 Å². The highest BCUT2D eigenvalue weighted by Gasteiger charge is 2.30. The van der Waals surface area contributed by atoms with Crippen LogP contribution in [0.15, 0.2) is 10.6 Å². The van der Waals surface area contributed by atoms with E-state index in [0.29, 0.717) is 17.2 Å². The lowest BCUT2D eigenvalue weighted by molar-refractivity contribution is 0.0645. The zero-order chi connectivity index (χ0) is 16.0. The van der Waals surface area contributed by atoms with E-state index in [1.807, 2.05) is 17.9 Å². The van der Waals surface area contributed by atoms with Gasteiger partial charge in [-0.15, -0.1) is 0 Å². The first kappa shape index (κ1) is 14.6. The van der Waals surface area contributed by atoms with E-state index >= 15 is 0 Å². The summed E-state index contributed by atoms with van der Waals surface area (Å²) in [5.41, 5.74) is 2.93. The largest absolute Gasteiger partial charge is 0.336 e.